The maximum Gasteiger partial charge on any atom is 0.334 e. The minimum atomic E-state index is -1.16. The van der Waals surface area contributed by atoms with Crippen molar-refractivity contribution in [2.24, 2.45) is 17.3 Å². The Balaban J connectivity index is 2.60. The number of carbonyl (C=O) groups is 3. The molecule has 1 saturated heterocycles. The van der Waals surface area contributed by atoms with Crippen LogP contribution in [0.1, 0.15) is 13.8 Å². The molecule has 6 atom stereocenters. The minimum Gasteiger partial charge on any atom is -0.454 e. The van der Waals surface area contributed by atoms with Crippen LogP contribution >= 0.6 is 0 Å². The van der Waals surface area contributed by atoms with Crippen molar-refractivity contribution in [3.05, 3.63) is 49.1 Å². The van der Waals surface area contributed by atoms with Crippen LogP contribution in [0.5, 0.6) is 0 Å². The number of fused-ring (bicyclic) bond motifs is 1. The number of aliphatic hydroxyl groups is 1. The summed E-state index contributed by atoms with van der Waals surface area (Å²) >= 11 is 0. The van der Waals surface area contributed by atoms with Gasteiger partial charge < -0.3 is 14.6 Å². The van der Waals surface area contributed by atoms with Crippen LogP contribution in [-0.4, -0.2) is 41.6 Å². The van der Waals surface area contributed by atoms with Gasteiger partial charge in [-0.2, -0.15) is 0 Å². The Bertz CT molecular complexity index is 690. The normalized spacial score (nSPS) is 36.8. The van der Waals surface area contributed by atoms with Crippen molar-refractivity contribution in [2.45, 2.75) is 32.2 Å². The van der Waals surface area contributed by atoms with E-state index in [1.165, 1.54) is 13.0 Å². The van der Waals surface area contributed by atoms with E-state index in [4.69, 9.17) is 9.47 Å². The Morgan fingerprint density at radius 1 is 1.40 bits per heavy atom. The Labute approximate surface area is 146 Å². The summed E-state index contributed by atoms with van der Waals surface area (Å²) in [5, 5.41) is 10.8. The molecular weight excluding hydrogens is 324 g/mol. The van der Waals surface area contributed by atoms with Gasteiger partial charge in [-0.15, -0.1) is 6.58 Å². The molecule has 0 aromatic carbocycles. The molecule has 2 fully saturated rings. The van der Waals surface area contributed by atoms with Gasteiger partial charge in [0.05, 0.1) is 12.0 Å². The van der Waals surface area contributed by atoms with Gasteiger partial charge in [-0.1, -0.05) is 32.7 Å². The quantitative estimate of drug-likeness (QED) is 0.351. The third kappa shape index (κ3) is 2.76. The molecule has 2 aliphatic rings. The van der Waals surface area contributed by atoms with E-state index in [9.17, 15) is 19.5 Å². The summed E-state index contributed by atoms with van der Waals surface area (Å²) in [7, 11) is 0. The zero-order chi connectivity index (χ0) is 19.1. The summed E-state index contributed by atoms with van der Waals surface area (Å²) in [6.45, 7) is 17.9. The molecule has 0 radical (unpaired) electrons. The fourth-order valence-electron chi connectivity index (χ4n) is 3.71. The lowest BCUT2D eigenvalue weighted by molar-refractivity contribution is -0.189. The summed E-state index contributed by atoms with van der Waals surface area (Å²) < 4.78 is 10.9. The first-order chi connectivity index (χ1) is 11.6. The summed E-state index contributed by atoms with van der Waals surface area (Å²) in [5.41, 5.74) is -0.738. The van der Waals surface area contributed by atoms with Gasteiger partial charge in [0.25, 0.3) is 0 Å². The minimum absolute atomic E-state index is 0.0729. The van der Waals surface area contributed by atoms with Gasteiger partial charge in [0.1, 0.15) is 18.5 Å². The molecule has 1 aliphatic heterocycles. The van der Waals surface area contributed by atoms with Gasteiger partial charge in [-0.05, 0) is 12.5 Å². The molecule has 0 bridgehead atoms. The van der Waals surface area contributed by atoms with Crippen molar-refractivity contribution in [3.63, 3.8) is 0 Å². The monoisotopic (exact) mass is 346 g/mol. The fraction of sp³-hybridized carbons (Fsp3) is 0.421. The molecule has 0 amide bonds. The predicted octanol–water partition coefficient (Wildman–Crippen LogP) is 1.51. The van der Waals surface area contributed by atoms with Crippen molar-refractivity contribution < 1.29 is 29.0 Å². The average Bonchev–Trinajstić information content (AvgIpc) is 2.86. The molecule has 0 spiro atoms. The number of hydrogen-bond donors (Lipinski definition) is 1. The Morgan fingerprint density at radius 3 is 2.48 bits per heavy atom. The van der Waals surface area contributed by atoms with Gasteiger partial charge in [0.15, 0.2) is 0 Å². The highest BCUT2D eigenvalue weighted by Gasteiger charge is 2.63. The molecule has 134 valence electrons. The molecule has 6 unspecified atom stereocenters. The third-order valence-electron chi connectivity index (χ3n) is 5.13. The lowest BCUT2D eigenvalue weighted by atomic mass is 9.57. The van der Waals surface area contributed by atoms with Gasteiger partial charge in [0.2, 0.25) is 0 Å². The number of hydrogen-bond acceptors (Lipinski definition) is 6. The van der Waals surface area contributed by atoms with Crippen molar-refractivity contribution in [1.29, 1.82) is 0 Å². The molecule has 6 nitrogen and oxygen atoms in total. The molecule has 1 saturated carbocycles. The zero-order valence-electron chi connectivity index (χ0n) is 14.4. The van der Waals surface area contributed by atoms with Crippen LogP contribution in [0.4, 0.5) is 0 Å². The second-order valence-corrected chi connectivity index (χ2v) is 6.76. The van der Waals surface area contributed by atoms with E-state index in [1.54, 1.807) is 6.92 Å². The van der Waals surface area contributed by atoms with Crippen LogP contribution < -0.4 is 0 Å². The second-order valence-electron chi connectivity index (χ2n) is 6.76. The lowest BCUT2D eigenvalue weighted by Gasteiger charge is -2.51. The summed E-state index contributed by atoms with van der Waals surface area (Å²) in [4.78, 5) is 35.4. The van der Waals surface area contributed by atoms with Crippen molar-refractivity contribution >= 4 is 18.2 Å². The highest BCUT2D eigenvalue weighted by Crippen LogP contribution is 2.53. The van der Waals surface area contributed by atoms with Crippen molar-refractivity contribution in [3.8, 4) is 0 Å². The van der Waals surface area contributed by atoms with Crippen LogP contribution in [0, 0.1) is 17.3 Å². The Kier molecular flexibility index (Phi) is 4.86. The van der Waals surface area contributed by atoms with E-state index >= 15 is 0 Å². The Morgan fingerprint density at radius 2 is 2.00 bits per heavy atom. The van der Waals surface area contributed by atoms with Gasteiger partial charge in [-0.25, -0.2) is 9.59 Å². The molecule has 1 N–H and O–H groups in total. The van der Waals surface area contributed by atoms with E-state index in [0.717, 1.165) is 0 Å². The van der Waals surface area contributed by atoms with E-state index in [1.807, 2.05) is 0 Å². The van der Waals surface area contributed by atoms with Crippen LogP contribution in [0.3, 0.4) is 0 Å². The van der Waals surface area contributed by atoms with E-state index in [2.05, 4.69) is 26.3 Å². The largest absolute Gasteiger partial charge is 0.454 e. The number of carbonyl (C=O) groups excluding carboxylic acids is 3. The number of aliphatic hydroxyl groups excluding tert-OH is 1. The maximum absolute atomic E-state index is 12.1. The first kappa shape index (κ1) is 18.9. The Hall–Kier alpha value is -2.47. The highest BCUT2D eigenvalue weighted by molar-refractivity contribution is 5.92. The summed E-state index contributed by atoms with van der Waals surface area (Å²) in [5.74, 6) is -2.98. The number of esters is 2. The molecule has 0 aromatic heterocycles. The average molecular weight is 346 g/mol. The molecule has 1 heterocycles. The molecule has 25 heavy (non-hydrogen) atoms. The van der Waals surface area contributed by atoms with Crippen LogP contribution in [0.15, 0.2) is 49.1 Å². The van der Waals surface area contributed by atoms with Crippen molar-refractivity contribution in [1.82, 2.24) is 0 Å². The first-order valence-electron chi connectivity index (χ1n) is 7.82. The summed E-state index contributed by atoms with van der Waals surface area (Å²) in [6, 6.07) is 0. The van der Waals surface area contributed by atoms with Gasteiger partial charge in [-0.3, -0.25) is 4.79 Å². The SMILES string of the molecule is C=CC1(C)C(OC(=O)C(=C)C)C2OC(=O)C(=C)C2C(O)C1C(=C)C=O. The molecule has 2 rings (SSSR count). The van der Waals surface area contributed by atoms with E-state index < -0.39 is 47.5 Å². The molecule has 1 aliphatic carbocycles. The van der Waals surface area contributed by atoms with Crippen LogP contribution in [0.2, 0.25) is 0 Å². The molecular formula is C19H22O6. The number of rotatable bonds is 5. The van der Waals surface area contributed by atoms with E-state index in [0.29, 0.717) is 6.29 Å². The lowest BCUT2D eigenvalue weighted by Crippen LogP contribution is -2.60. The maximum atomic E-state index is 12.1. The predicted molar refractivity (Wildman–Crippen MR) is 90.2 cm³/mol. The van der Waals surface area contributed by atoms with Gasteiger partial charge in [0, 0.05) is 22.5 Å². The van der Waals surface area contributed by atoms with Gasteiger partial charge >= 0.3 is 11.9 Å². The first-order valence-corrected chi connectivity index (χ1v) is 7.82. The molecule has 0 aromatic rings. The van der Waals surface area contributed by atoms with Crippen LogP contribution in [-0.2, 0) is 23.9 Å². The topological polar surface area (TPSA) is 89.9 Å². The van der Waals surface area contributed by atoms with Crippen molar-refractivity contribution in [2.75, 3.05) is 0 Å². The smallest absolute Gasteiger partial charge is 0.334 e. The zero-order valence-corrected chi connectivity index (χ0v) is 14.4. The fourth-order valence-corrected chi connectivity index (χ4v) is 3.71. The number of aldehydes is 1. The highest BCUT2D eigenvalue weighted by atomic mass is 16.6. The second kappa shape index (κ2) is 6.44. The summed E-state index contributed by atoms with van der Waals surface area (Å²) in [6.07, 6.45) is -1.06. The molecule has 6 heteroatoms. The van der Waals surface area contributed by atoms with Crippen LogP contribution in [0.25, 0.3) is 0 Å². The van der Waals surface area contributed by atoms with E-state index in [-0.39, 0.29) is 16.7 Å². The number of ether oxygens (including phenoxy) is 2. The standard InChI is InChI=1S/C19H22O6/c1-7-19(6)13(10(4)8-20)14(21)12-11(5)18(23)24-15(12)16(19)25-17(22)9(2)3/h7-8,12-16,21H,1-2,4-5H2,3,6H3. The third-order valence-corrected chi connectivity index (χ3v) is 5.13.